The second kappa shape index (κ2) is 6.18. The van der Waals surface area contributed by atoms with E-state index in [4.69, 9.17) is 4.74 Å². The molecule has 114 valence electrons. The number of carbonyl (C=O) groups excluding carboxylic acids is 1. The molecule has 1 aliphatic rings. The van der Waals surface area contributed by atoms with E-state index in [-0.39, 0.29) is 11.9 Å². The van der Waals surface area contributed by atoms with Crippen LogP contribution >= 0.6 is 0 Å². The van der Waals surface area contributed by atoms with Crippen LogP contribution in [-0.2, 0) is 9.53 Å². The van der Waals surface area contributed by atoms with Gasteiger partial charge in [-0.25, -0.2) is 0 Å². The predicted molar refractivity (Wildman–Crippen MR) is 90.6 cm³/mol. The van der Waals surface area contributed by atoms with Crippen molar-refractivity contribution >= 4 is 19.2 Å². The monoisotopic (exact) mass is 302 g/mol. The molecule has 3 heteroatoms. The topological polar surface area (TPSA) is 26.3 Å². The summed E-state index contributed by atoms with van der Waals surface area (Å²) in [6, 6.07) is 10.7. The molecule has 2 unspecified atom stereocenters. The highest BCUT2D eigenvalue weighted by atomic mass is 28.3. The highest BCUT2D eigenvalue weighted by molar-refractivity contribution is 6.93. The van der Waals surface area contributed by atoms with Crippen LogP contribution in [0.5, 0.6) is 0 Å². The van der Waals surface area contributed by atoms with E-state index in [0.717, 1.165) is 12.8 Å². The number of carbonyl (C=O) groups is 1. The first kappa shape index (κ1) is 16.0. The molecular formula is C18H26O2Si. The minimum absolute atomic E-state index is 0.0278. The number of allylic oxidation sites excluding steroid dienone is 1. The first-order valence-electron chi connectivity index (χ1n) is 7.70. The summed E-state index contributed by atoms with van der Waals surface area (Å²) < 4.78 is 4.97. The zero-order chi connectivity index (χ0) is 15.6. The third kappa shape index (κ3) is 3.46. The third-order valence-electron chi connectivity index (χ3n) is 4.39. The summed E-state index contributed by atoms with van der Waals surface area (Å²) in [7, 11) is 0.0243. The first-order chi connectivity index (χ1) is 9.84. The van der Waals surface area contributed by atoms with Gasteiger partial charge in [-0.15, -0.1) is 0 Å². The molecule has 2 atom stereocenters. The molecular weight excluding hydrogens is 276 g/mol. The summed E-state index contributed by atoms with van der Waals surface area (Å²) in [5.74, 6) is 0.350. The Labute approximate surface area is 129 Å². The molecule has 0 N–H and O–H groups in total. The van der Waals surface area contributed by atoms with Gasteiger partial charge in [-0.05, 0) is 24.3 Å². The number of methoxy groups -OCH3 is 1. The van der Waals surface area contributed by atoms with Crippen LogP contribution in [-0.4, -0.2) is 21.2 Å². The van der Waals surface area contributed by atoms with Crippen molar-refractivity contribution < 1.29 is 9.53 Å². The second-order valence-electron chi connectivity index (χ2n) is 7.11. The normalized spacial score (nSPS) is 24.8. The lowest BCUT2D eigenvalue weighted by Gasteiger charge is -2.24. The molecule has 0 aliphatic heterocycles. The molecule has 0 spiro atoms. The molecule has 0 radical (unpaired) electrons. The van der Waals surface area contributed by atoms with Gasteiger partial charge in [0.05, 0.1) is 21.1 Å². The number of esters is 1. The van der Waals surface area contributed by atoms with Gasteiger partial charge in [0.2, 0.25) is 0 Å². The van der Waals surface area contributed by atoms with E-state index >= 15 is 0 Å². The SMILES string of the molecule is COC(=O)C1C/C(=C(/c2ccccc2)[Si](C)(C)C)CC1C. The first-order valence-corrected chi connectivity index (χ1v) is 11.2. The Kier molecular flexibility index (Phi) is 4.72. The highest BCUT2D eigenvalue weighted by Gasteiger charge is 2.37. The van der Waals surface area contributed by atoms with Crippen molar-refractivity contribution in [2.75, 3.05) is 7.11 Å². The van der Waals surface area contributed by atoms with E-state index < -0.39 is 8.07 Å². The van der Waals surface area contributed by atoms with Gasteiger partial charge in [0.15, 0.2) is 0 Å². The molecule has 1 fully saturated rings. The van der Waals surface area contributed by atoms with E-state index in [9.17, 15) is 4.79 Å². The molecule has 1 aromatic carbocycles. The smallest absolute Gasteiger partial charge is 0.309 e. The van der Waals surface area contributed by atoms with E-state index in [0.29, 0.717) is 5.92 Å². The Morgan fingerprint density at radius 3 is 2.29 bits per heavy atom. The molecule has 2 rings (SSSR count). The third-order valence-corrected chi connectivity index (χ3v) is 6.53. The Morgan fingerprint density at radius 1 is 1.14 bits per heavy atom. The number of hydrogen-bond acceptors (Lipinski definition) is 2. The lowest BCUT2D eigenvalue weighted by molar-refractivity contribution is -0.146. The van der Waals surface area contributed by atoms with E-state index in [1.54, 1.807) is 0 Å². The minimum atomic E-state index is -1.47. The average Bonchev–Trinajstić information content (AvgIpc) is 2.79. The van der Waals surface area contributed by atoms with Crippen LogP contribution in [0.25, 0.3) is 5.20 Å². The molecule has 2 nitrogen and oxygen atoms in total. The van der Waals surface area contributed by atoms with Gasteiger partial charge >= 0.3 is 5.97 Å². The fraction of sp³-hybridized carbons (Fsp3) is 0.500. The zero-order valence-corrected chi connectivity index (χ0v) is 14.8. The van der Waals surface area contributed by atoms with E-state index in [2.05, 4.69) is 56.9 Å². The molecule has 1 aromatic rings. The minimum Gasteiger partial charge on any atom is -0.469 e. The summed E-state index contributed by atoms with van der Waals surface area (Å²) >= 11 is 0. The maximum absolute atomic E-state index is 11.9. The van der Waals surface area contributed by atoms with Gasteiger partial charge in [-0.2, -0.15) is 0 Å². The largest absolute Gasteiger partial charge is 0.469 e. The van der Waals surface area contributed by atoms with Crippen molar-refractivity contribution in [3.05, 3.63) is 41.5 Å². The van der Waals surface area contributed by atoms with Crippen LogP contribution < -0.4 is 0 Å². The number of ether oxygens (including phenoxy) is 1. The number of hydrogen-bond donors (Lipinski definition) is 0. The number of benzene rings is 1. The summed E-state index contributed by atoms with van der Waals surface area (Å²) in [5, 5.41) is 1.53. The molecule has 1 saturated carbocycles. The summed E-state index contributed by atoms with van der Waals surface area (Å²) in [4.78, 5) is 11.9. The number of rotatable bonds is 3. The van der Waals surface area contributed by atoms with E-state index in [1.807, 2.05) is 0 Å². The maximum atomic E-state index is 11.9. The Balaban J connectivity index is 2.45. The fourth-order valence-corrected chi connectivity index (χ4v) is 5.82. The Hall–Kier alpha value is -1.35. The van der Waals surface area contributed by atoms with Crippen LogP contribution in [0.2, 0.25) is 19.6 Å². The average molecular weight is 302 g/mol. The molecule has 0 aromatic heterocycles. The molecule has 0 amide bonds. The van der Waals surface area contributed by atoms with Crippen LogP contribution in [0.1, 0.15) is 25.3 Å². The Bertz CT molecular complexity index is 540. The highest BCUT2D eigenvalue weighted by Crippen LogP contribution is 2.43. The van der Waals surface area contributed by atoms with Crippen molar-refractivity contribution in [1.82, 2.24) is 0 Å². The summed E-state index contributed by atoms with van der Waals surface area (Å²) in [6.45, 7) is 9.33. The Morgan fingerprint density at radius 2 is 1.76 bits per heavy atom. The lowest BCUT2D eigenvalue weighted by Crippen LogP contribution is -2.24. The molecule has 0 bridgehead atoms. The van der Waals surface area contributed by atoms with Gasteiger partial charge in [0.1, 0.15) is 0 Å². The molecule has 0 heterocycles. The van der Waals surface area contributed by atoms with Gasteiger partial charge in [-0.3, -0.25) is 4.79 Å². The molecule has 1 aliphatic carbocycles. The summed E-state index contributed by atoms with van der Waals surface area (Å²) in [6.07, 6.45) is 1.89. The second-order valence-corrected chi connectivity index (χ2v) is 12.1. The van der Waals surface area contributed by atoms with Crippen molar-refractivity contribution in [1.29, 1.82) is 0 Å². The van der Waals surface area contributed by atoms with E-state index in [1.165, 1.54) is 23.4 Å². The van der Waals surface area contributed by atoms with Gasteiger partial charge in [-0.1, -0.05) is 67.7 Å². The molecule has 0 saturated heterocycles. The van der Waals surface area contributed by atoms with Crippen LogP contribution in [0.4, 0.5) is 0 Å². The van der Waals surface area contributed by atoms with Crippen molar-refractivity contribution in [2.24, 2.45) is 11.8 Å². The van der Waals surface area contributed by atoms with Crippen LogP contribution in [0.15, 0.2) is 35.9 Å². The van der Waals surface area contributed by atoms with Crippen LogP contribution in [0.3, 0.4) is 0 Å². The maximum Gasteiger partial charge on any atom is 0.309 e. The summed E-state index contributed by atoms with van der Waals surface area (Å²) in [5.41, 5.74) is 2.81. The fourth-order valence-electron chi connectivity index (χ4n) is 3.52. The predicted octanol–water partition coefficient (Wildman–Crippen LogP) is 4.54. The quantitative estimate of drug-likeness (QED) is 0.605. The standard InChI is InChI=1S/C18H26O2Si/c1-13-11-15(12-16(13)18(19)20-2)17(21(3,4)5)14-9-7-6-8-10-14/h6-10,13,16H,11-12H2,1-5H3/b17-15-. The van der Waals surface area contributed by atoms with Gasteiger partial charge in [0.25, 0.3) is 0 Å². The molecule has 21 heavy (non-hydrogen) atoms. The lowest BCUT2D eigenvalue weighted by atomic mass is 9.99. The van der Waals surface area contributed by atoms with Gasteiger partial charge in [0, 0.05) is 0 Å². The van der Waals surface area contributed by atoms with Crippen molar-refractivity contribution in [3.8, 4) is 0 Å². The van der Waals surface area contributed by atoms with Crippen molar-refractivity contribution in [2.45, 2.75) is 39.4 Å². The van der Waals surface area contributed by atoms with Gasteiger partial charge < -0.3 is 4.74 Å². The van der Waals surface area contributed by atoms with Crippen LogP contribution in [0, 0.1) is 11.8 Å². The van der Waals surface area contributed by atoms with Crippen molar-refractivity contribution in [3.63, 3.8) is 0 Å². The zero-order valence-electron chi connectivity index (χ0n) is 13.8.